The quantitative estimate of drug-likeness (QED) is 0.120. The fourth-order valence-corrected chi connectivity index (χ4v) is 8.14. The standard InChI is InChI=1S/C24H27N5O3.C19H23N3O3.C6H4BrN3O/c1-16(2)28-10-11-29-19(14-26-18-8-9-21(25)27-13-18)12-20(30)23(22(29)24(28)31)32-15-17-6-4-3-5-7-17;1-13(2)21-8-9-22-15(11-20)10-16(23)18(17(22)19(21)24)25-12-14-6-4-3-5-7-14;7-4-1-2-5-8-9-6(11)10(5)3-4/h3-9,12-13,16,26H,10-11,14-15H2,1-2H3,(H2,25,27);3-7,10,13H,8-9,11-12,20H2,1-2H3;1-3H,(H,9,11). The van der Waals surface area contributed by atoms with Crippen LogP contribution in [0.5, 0.6) is 11.5 Å². The van der Waals surface area contributed by atoms with Gasteiger partial charge in [0.05, 0.1) is 18.4 Å². The van der Waals surface area contributed by atoms with Gasteiger partial charge >= 0.3 is 5.69 Å². The van der Waals surface area contributed by atoms with Crippen molar-refractivity contribution in [2.24, 2.45) is 5.73 Å². The van der Waals surface area contributed by atoms with Crippen LogP contribution in [0.15, 0.2) is 128 Å². The number of pyridine rings is 4. The Kier molecular flexibility index (Phi) is 15.6. The molecule has 2 aliphatic heterocycles. The first-order valence-electron chi connectivity index (χ1n) is 22.1. The number of hydrogen-bond acceptors (Lipinski definition) is 12. The van der Waals surface area contributed by atoms with Crippen molar-refractivity contribution in [3.8, 4) is 11.5 Å². The Hall–Kier alpha value is -7.51. The predicted octanol–water partition coefficient (Wildman–Crippen LogP) is 5.42. The normalized spacial score (nSPS) is 13.1. The lowest BCUT2D eigenvalue weighted by atomic mass is 10.1. The number of nitrogens with two attached hydrogens (primary N) is 2. The molecule has 68 heavy (non-hydrogen) atoms. The molecule has 0 bridgehead atoms. The Labute approximate surface area is 400 Å². The number of rotatable bonds is 12. The zero-order chi connectivity index (χ0) is 48.5. The maximum atomic E-state index is 13.3. The Balaban J connectivity index is 0.000000167. The highest BCUT2D eigenvalue weighted by Crippen LogP contribution is 2.27. The van der Waals surface area contributed by atoms with Gasteiger partial charge in [0, 0.05) is 79.0 Å². The van der Waals surface area contributed by atoms with E-state index in [1.54, 1.807) is 40.4 Å². The summed E-state index contributed by atoms with van der Waals surface area (Å²) >= 11 is 3.25. The lowest BCUT2D eigenvalue weighted by molar-refractivity contribution is 0.0628. The molecule has 6 N–H and O–H groups in total. The van der Waals surface area contributed by atoms with E-state index in [0.29, 0.717) is 67.0 Å². The number of nitrogen functional groups attached to an aromatic ring is 1. The number of benzene rings is 2. The molecule has 2 aromatic carbocycles. The predicted molar refractivity (Wildman–Crippen MR) is 263 cm³/mol. The van der Waals surface area contributed by atoms with Crippen molar-refractivity contribution in [3.63, 3.8) is 0 Å². The van der Waals surface area contributed by atoms with Crippen molar-refractivity contribution in [1.29, 1.82) is 0 Å². The van der Waals surface area contributed by atoms with Gasteiger partial charge in [-0.25, -0.2) is 19.3 Å². The number of nitrogens with zero attached hydrogens (tertiary/aromatic N) is 7. The summed E-state index contributed by atoms with van der Waals surface area (Å²) in [4.78, 5) is 70.4. The molecule has 0 fully saturated rings. The molecule has 9 rings (SSSR count). The van der Waals surface area contributed by atoms with Gasteiger partial charge in [0.1, 0.15) is 19.0 Å². The first-order valence-corrected chi connectivity index (χ1v) is 22.9. The maximum Gasteiger partial charge on any atom is 0.347 e. The summed E-state index contributed by atoms with van der Waals surface area (Å²) in [5.74, 6) is 0.265. The summed E-state index contributed by atoms with van der Waals surface area (Å²) in [6.45, 7) is 11.2. The monoisotopic (exact) mass is 987 g/mol. The van der Waals surface area contributed by atoms with E-state index in [-0.39, 0.29) is 71.7 Å². The third-order valence-corrected chi connectivity index (χ3v) is 11.8. The van der Waals surface area contributed by atoms with Gasteiger partial charge in [0.15, 0.2) is 28.5 Å². The highest BCUT2D eigenvalue weighted by molar-refractivity contribution is 9.10. The van der Waals surface area contributed by atoms with Gasteiger partial charge in [-0.2, -0.15) is 5.10 Å². The zero-order valence-electron chi connectivity index (χ0n) is 38.2. The third-order valence-electron chi connectivity index (χ3n) is 11.3. The number of carbonyl (C=O) groups excluding carboxylic acids is 2. The molecule has 0 atom stereocenters. The first-order chi connectivity index (χ1) is 32.7. The fraction of sp³-hybridized carbons (Fsp3) is 0.286. The van der Waals surface area contributed by atoms with Crippen LogP contribution in [0.2, 0.25) is 0 Å². The molecule has 18 nitrogen and oxygen atoms in total. The fourth-order valence-electron chi connectivity index (χ4n) is 7.80. The number of aromatic amines is 1. The van der Waals surface area contributed by atoms with Gasteiger partial charge < -0.3 is 45.2 Å². The average molecular weight is 989 g/mol. The first kappa shape index (κ1) is 48.4. The molecular weight excluding hydrogens is 935 g/mol. The van der Waals surface area contributed by atoms with Crippen molar-refractivity contribution < 1.29 is 19.1 Å². The molecule has 7 aromatic rings. The minimum atomic E-state index is -0.307. The van der Waals surface area contributed by atoms with Crippen LogP contribution in [-0.4, -0.2) is 75.5 Å². The minimum absolute atomic E-state index is 0.0240. The van der Waals surface area contributed by atoms with E-state index >= 15 is 0 Å². The van der Waals surface area contributed by atoms with Crippen LogP contribution >= 0.6 is 15.9 Å². The van der Waals surface area contributed by atoms with Gasteiger partial charge in [0.25, 0.3) is 11.8 Å². The van der Waals surface area contributed by atoms with Gasteiger partial charge in [-0.3, -0.25) is 19.2 Å². The molecule has 2 aliphatic rings. The van der Waals surface area contributed by atoms with E-state index in [0.717, 1.165) is 21.3 Å². The van der Waals surface area contributed by atoms with Crippen LogP contribution in [0.25, 0.3) is 5.65 Å². The molecule has 354 valence electrons. The molecule has 19 heteroatoms. The number of fused-ring (bicyclic) bond motifs is 3. The Morgan fingerprint density at radius 3 is 1.74 bits per heavy atom. The van der Waals surface area contributed by atoms with Crippen molar-refractivity contribution >= 4 is 44.9 Å². The van der Waals surface area contributed by atoms with Crippen molar-refractivity contribution in [2.75, 3.05) is 24.1 Å². The summed E-state index contributed by atoms with van der Waals surface area (Å²) < 4.78 is 17.7. The molecule has 2 amide bonds. The number of anilines is 2. The average Bonchev–Trinajstić information content (AvgIpc) is 3.70. The molecule has 7 heterocycles. The second kappa shape index (κ2) is 21.9. The topological polar surface area (TPSA) is 230 Å². The lowest BCUT2D eigenvalue weighted by Gasteiger charge is -2.35. The van der Waals surface area contributed by atoms with Crippen LogP contribution < -0.4 is 42.8 Å². The number of halogens is 1. The van der Waals surface area contributed by atoms with Crippen LogP contribution in [0.3, 0.4) is 0 Å². The number of carbonyl (C=O) groups is 2. The van der Waals surface area contributed by atoms with Crippen LogP contribution in [-0.2, 0) is 39.4 Å². The highest BCUT2D eigenvalue weighted by atomic mass is 79.9. The molecule has 0 saturated heterocycles. The summed E-state index contributed by atoms with van der Waals surface area (Å²) in [6, 6.07) is 29.3. The second-order valence-corrected chi connectivity index (χ2v) is 17.4. The van der Waals surface area contributed by atoms with Crippen molar-refractivity contribution in [2.45, 2.75) is 79.2 Å². The maximum absolute atomic E-state index is 13.3. The smallest absolute Gasteiger partial charge is 0.347 e. The molecule has 0 spiro atoms. The van der Waals surface area contributed by atoms with Crippen molar-refractivity contribution in [3.05, 3.63) is 179 Å². The highest BCUT2D eigenvalue weighted by Gasteiger charge is 2.33. The number of amides is 2. The largest absolute Gasteiger partial charge is 0.483 e. The minimum Gasteiger partial charge on any atom is -0.483 e. The van der Waals surface area contributed by atoms with E-state index in [9.17, 15) is 24.0 Å². The number of hydrogen-bond donors (Lipinski definition) is 4. The van der Waals surface area contributed by atoms with E-state index in [1.807, 2.05) is 110 Å². The second-order valence-electron chi connectivity index (χ2n) is 16.5. The molecule has 0 radical (unpaired) electrons. The lowest BCUT2D eigenvalue weighted by Crippen LogP contribution is -2.46. The van der Waals surface area contributed by atoms with Crippen LogP contribution in [0, 0.1) is 0 Å². The SMILES string of the molecule is CC(C)N1CCn2c(CN)cc(=O)c(OCc3ccccc3)c2C1=O.CC(C)N1CCn2c(CNc3ccc(N)nc3)cc(=O)c(OCc3ccccc3)c2C1=O.O=c1[nH]nc2ccc(Br)cn12. The number of nitrogens with one attached hydrogen (secondary N) is 2. The van der Waals surface area contributed by atoms with E-state index < -0.39 is 0 Å². The van der Waals surface area contributed by atoms with E-state index in [2.05, 4.69) is 36.4 Å². The summed E-state index contributed by atoms with van der Waals surface area (Å²) in [7, 11) is 0. The van der Waals surface area contributed by atoms with E-state index in [4.69, 9.17) is 20.9 Å². The number of aromatic nitrogens is 6. The molecule has 0 unspecified atom stereocenters. The third kappa shape index (κ3) is 11.2. The van der Waals surface area contributed by atoms with Crippen LogP contribution in [0.4, 0.5) is 11.5 Å². The van der Waals surface area contributed by atoms with Gasteiger partial charge in [-0.15, -0.1) is 0 Å². The van der Waals surface area contributed by atoms with E-state index in [1.165, 1.54) is 10.5 Å². The molecule has 5 aromatic heterocycles. The summed E-state index contributed by atoms with van der Waals surface area (Å²) in [5, 5.41) is 9.35. The Morgan fingerprint density at radius 2 is 1.24 bits per heavy atom. The molecular formula is C49H54BrN11O7. The van der Waals surface area contributed by atoms with Gasteiger partial charge in [0.2, 0.25) is 10.9 Å². The Morgan fingerprint density at radius 1 is 0.706 bits per heavy atom. The molecule has 0 aliphatic carbocycles. The number of ether oxygens (including phenoxy) is 2. The zero-order valence-corrected chi connectivity index (χ0v) is 39.8. The van der Waals surface area contributed by atoms with Crippen molar-refractivity contribution in [1.82, 2.24) is 38.5 Å². The summed E-state index contributed by atoms with van der Waals surface area (Å²) in [6.07, 6.45) is 3.30. The Bertz CT molecular complexity index is 3060. The van der Waals surface area contributed by atoms with Crippen LogP contribution in [0.1, 0.15) is 71.2 Å². The van der Waals surface area contributed by atoms with Gasteiger partial charge in [-0.05, 0) is 79.0 Å². The summed E-state index contributed by atoms with van der Waals surface area (Å²) in [5.41, 5.74) is 15.8. The molecule has 0 saturated carbocycles. The van der Waals surface area contributed by atoms with Gasteiger partial charge in [-0.1, -0.05) is 60.7 Å². The number of H-pyrrole nitrogens is 1.